The zero-order valence-corrected chi connectivity index (χ0v) is 14.7. The third-order valence-corrected chi connectivity index (χ3v) is 4.68. The van der Waals surface area contributed by atoms with Crippen molar-refractivity contribution in [1.29, 1.82) is 0 Å². The molecule has 9 nitrogen and oxygen atoms in total. The summed E-state index contributed by atoms with van der Waals surface area (Å²) in [4.78, 5) is 45.6. The third-order valence-electron chi connectivity index (χ3n) is 3.97. The molecule has 0 spiro atoms. The van der Waals surface area contributed by atoms with Crippen LogP contribution in [0.25, 0.3) is 21.9 Å². The summed E-state index contributed by atoms with van der Waals surface area (Å²) >= 11 is 0. The molecule has 10 heteroatoms. The molecular formula is C17H14N5O4P. The Kier molecular flexibility index (Phi) is 4.19. The first-order valence-corrected chi connectivity index (χ1v) is 9.73. The fourth-order valence-corrected chi connectivity index (χ4v) is 3.39. The fraction of sp³-hybridized carbons (Fsp3) is 0.0588. The van der Waals surface area contributed by atoms with Crippen molar-refractivity contribution in [3.05, 3.63) is 60.0 Å². The molecule has 4 rings (SSSR count). The number of nitrogens with one attached hydrogen (secondary N) is 2. The van der Waals surface area contributed by atoms with E-state index in [0.29, 0.717) is 5.56 Å². The Morgan fingerprint density at radius 2 is 1.89 bits per heavy atom. The molecule has 2 aromatic carbocycles. The molecular weight excluding hydrogens is 369 g/mol. The molecule has 0 atom stereocenters. The van der Waals surface area contributed by atoms with Crippen LogP contribution in [-0.4, -0.2) is 35.6 Å². The SMILES string of the molecule is O=C(Nc1nc2ncnc(CP(=O)(O)O)c2[nH]1)c1ccc2ccccc2c1. The van der Waals surface area contributed by atoms with Crippen molar-refractivity contribution in [3.63, 3.8) is 0 Å². The quantitative estimate of drug-likeness (QED) is 0.397. The van der Waals surface area contributed by atoms with Gasteiger partial charge >= 0.3 is 7.60 Å². The van der Waals surface area contributed by atoms with Crippen molar-refractivity contribution in [2.45, 2.75) is 6.16 Å². The van der Waals surface area contributed by atoms with E-state index in [1.54, 1.807) is 12.1 Å². The summed E-state index contributed by atoms with van der Waals surface area (Å²) in [6.07, 6.45) is 0.620. The number of nitrogens with zero attached hydrogens (tertiary/aromatic N) is 3. The highest BCUT2D eigenvalue weighted by atomic mass is 31.2. The zero-order chi connectivity index (χ0) is 19.0. The topological polar surface area (TPSA) is 141 Å². The number of H-pyrrole nitrogens is 1. The number of hydrogen-bond donors (Lipinski definition) is 4. The number of amides is 1. The highest BCUT2D eigenvalue weighted by Crippen LogP contribution is 2.39. The Bertz CT molecular complexity index is 1220. The van der Waals surface area contributed by atoms with Gasteiger partial charge in [-0.2, -0.15) is 4.98 Å². The minimum Gasteiger partial charge on any atom is -0.324 e. The van der Waals surface area contributed by atoms with Crippen molar-refractivity contribution in [3.8, 4) is 0 Å². The summed E-state index contributed by atoms with van der Waals surface area (Å²) in [5.74, 6) is -0.250. The van der Waals surface area contributed by atoms with E-state index in [1.165, 1.54) is 6.33 Å². The van der Waals surface area contributed by atoms with E-state index >= 15 is 0 Å². The second-order valence-corrected chi connectivity index (χ2v) is 7.59. The molecule has 0 bridgehead atoms. The first-order chi connectivity index (χ1) is 12.9. The van der Waals surface area contributed by atoms with E-state index in [9.17, 15) is 9.36 Å². The molecule has 0 saturated carbocycles. The first-order valence-electron chi connectivity index (χ1n) is 7.93. The van der Waals surface area contributed by atoms with Crippen molar-refractivity contribution in [2.75, 3.05) is 5.32 Å². The van der Waals surface area contributed by atoms with Gasteiger partial charge in [0.2, 0.25) is 5.95 Å². The lowest BCUT2D eigenvalue weighted by Gasteiger charge is -2.04. The molecule has 0 aliphatic rings. The van der Waals surface area contributed by atoms with Gasteiger partial charge in [0.1, 0.15) is 11.8 Å². The molecule has 0 unspecified atom stereocenters. The van der Waals surface area contributed by atoms with Crippen LogP contribution in [0.2, 0.25) is 0 Å². The highest BCUT2D eigenvalue weighted by Gasteiger charge is 2.20. The summed E-state index contributed by atoms with van der Waals surface area (Å²) in [7, 11) is -4.31. The van der Waals surface area contributed by atoms with Crippen molar-refractivity contribution in [2.24, 2.45) is 0 Å². The molecule has 2 heterocycles. The van der Waals surface area contributed by atoms with Crippen LogP contribution in [0.4, 0.5) is 5.95 Å². The molecule has 0 fully saturated rings. The average Bonchev–Trinajstić information content (AvgIpc) is 3.03. The van der Waals surface area contributed by atoms with E-state index in [4.69, 9.17) is 9.79 Å². The minimum atomic E-state index is -4.31. The summed E-state index contributed by atoms with van der Waals surface area (Å²) < 4.78 is 11.3. The van der Waals surface area contributed by atoms with Crippen LogP contribution in [0.3, 0.4) is 0 Å². The number of benzene rings is 2. The number of carbonyl (C=O) groups excluding carboxylic acids is 1. The molecule has 0 radical (unpaired) electrons. The Labute approximate surface area is 152 Å². The van der Waals surface area contributed by atoms with Crippen LogP contribution in [0, 0.1) is 0 Å². The van der Waals surface area contributed by atoms with Gasteiger partial charge in [-0.05, 0) is 22.9 Å². The van der Waals surface area contributed by atoms with E-state index < -0.39 is 13.8 Å². The molecule has 0 saturated heterocycles. The predicted octanol–water partition coefficient (Wildman–Crippen LogP) is 2.44. The lowest BCUT2D eigenvalue weighted by Crippen LogP contribution is -2.12. The van der Waals surface area contributed by atoms with Gasteiger partial charge in [-0.1, -0.05) is 30.3 Å². The van der Waals surface area contributed by atoms with Gasteiger partial charge in [-0.15, -0.1) is 0 Å². The third kappa shape index (κ3) is 3.70. The number of hydrogen-bond acceptors (Lipinski definition) is 5. The Hall–Kier alpha value is -3.13. The smallest absolute Gasteiger partial charge is 0.324 e. The maximum atomic E-state index is 12.5. The monoisotopic (exact) mass is 383 g/mol. The lowest BCUT2D eigenvalue weighted by atomic mass is 10.1. The van der Waals surface area contributed by atoms with Crippen LogP contribution in [-0.2, 0) is 10.7 Å². The molecule has 1 amide bonds. The minimum absolute atomic E-state index is 0.121. The van der Waals surface area contributed by atoms with Crippen molar-refractivity contribution in [1.82, 2.24) is 19.9 Å². The van der Waals surface area contributed by atoms with Crippen LogP contribution < -0.4 is 5.32 Å². The molecule has 4 N–H and O–H groups in total. The average molecular weight is 383 g/mol. The number of aromatic nitrogens is 4. The lowest BCUT2D eigenvalue weighted by molar-refractivity contribution is 0.102. The van der Waals surface area contributed by atoms with Gasteiger partial charge in [0.25, 0.3) is 5.91 Å². The van der Waals surface area contributed by atoms with Crippen molar-refractivity contribution < 1.29 is 19.1 Å². The van der Waals surface area contributed by atoms with E-state index in [0.717, 1.165) is 10.8 Å². The van der Waals surface area contributed by atoms with Gasteiger partial charge in [-0.25, -0.2) is 9.97 Å². The number of rotatable bonds is 4. The predicted molar refractivity (Wildman–Crippen MR) is 99.3 cm³/mol. The van der Waals surface area contributed by atoms with Crippen LogP contribution in [0.15, 0.2) is 48.8 Å². The first kappa shape index (κ1) is 17.3. The summed E-state index contributed by atoms with van der Waals surface area (Å²) in [6.45, 7) is 0. The molecule has 0 aliphatic carbocycles. The molecule has 27 heavy (non-hydrogen) atoms. The molecule has 2 aromatic heterocycles. The number of imidazole rings is 1. The van der Waals surface area contributed by atoms with Gasteiger partial charge in [0.15, 0.2) is 5.65 Å². The van der Waals surface area contributed by atoms with Crippen LogP contribution >= 0.6 is 7.60 Å². The number of aromatic amines is 1. The Morgan fingerprint density at radius 1 is 1.11 bits per heavy atom. The summed E-state index contributed by atoms with van der Waals surface area (Å²) in [5.41, 5.74) is 1.07. The van der Waals surface area contributed by atoms with Gasteiger partial charge in [0, 0.05) is 5.56 Å². The van der Waals surface area contributed by atoms with E-state index in [1.807, 2.05) is 30.3 Å². The number of fused-ring (bicyclic) bond motifs is 2. The standard InChI is InChI=1S/C17H14N5O4P/c23-16(12-6-5-10-3-1-2-4-11(10)7-12)22-17-20-14-13(8-27(24,25)26)18-9-19-15(14)21-17/h1-7,9H,8H2,(H2,24,25,26)(H2,18,19,20,21,22,23). The summed E-state index contributed by atoms with van der Waals surface area (Å²) in [5, 5.41) is 4.59. The van der Waals surface area contributed by atoms with Gasteiger partial charge in [-0.3, -0.25) is 14.7 Å². The fourth-order valence-electron chi connectivity index (χ4n) is 2.76. The normalized spacial score (nSPS) is 11.8. The molecule has 0 aliphatic heterocycles. The molecule has 4 aromatic rings. The number of anilines is 1. The van der Waals surface area contributed by atoms with E-state index in [2.05, 4.69) is 25.3 Å². The van der Waals surface area contributed by atoms with Crippen LogP contribution in [0.1, 0.15) is 16.1 Å². The number of carbonyl (C=O) groups is 1. The maximum absolute atomic E-state index is 12.5. The van der Waals surface area contributed by atoms with Crippen LogP contribution in [0.5, 0.6) is 0 Å². The maximum Gasteiger partial charge on any atom is 0.331 e. The zero-order valence-electron chi connectivity index (χ0n) is 13.8. The largest absolute Gasteiger partial charge is 0.331 e. The molecule has 136 valence electrons. The second-order valence-electron chi connectivity index (χ2n) is 5.94. The summed E-state index contributed by atoms with van der Waals surface area (Å²) in [6, 6.07) is 13.0. The Balaban J connectivity index is 1.63. The van der Waals surface area contributed by atoms with E-state index in [-0.39, 0.29) is 28.7 Å². The Morgan fingerprint density at radius 3 is 2.67 bits per heavy atom. The highest BCUT2D eigenvalue weighted by molar-refractivity contribution is 7.50. The second kappa shape index (κ2) is 6.55. The van der Waals surface area contributed by atoms with Crippen molar-refractivity contribution >= 4 is 41.4 Å². The van der Waals surface area contributed by atoms with Gasteiger partial charge in [0.05, 0.1) is 11.9 Å². The van der Waals surface area contributed by atoms with Gasteiger partial charge < -0.3 is 14.8 Å².